The third kappa shape index (κ3) is 61.8. The molecule has 0 fully saturated rings. The van der Waals surface area contributed by atoms with Crippen LogP contribution in [0.15, 0.2) is 12.2 Å². The summed E-state index contributed by atoms with van der Waals surface area (Å²) in [5, 5.41) is 23.2. The van der Waals surface area contributed by atoms with E-state index in [4.69, 9.17) is 4.74 Å². The molecule has 1 amide bonds. The van der Waals surface area contributed by atoms with Crippen LogP contribution in [0.2, 0.25) is 0 Å². The van der Waals surface area contributed by atoms with Crippen molar-refractivity contribution in [2.75, 3.05) is 13.2 Å². The summed E-state index contributed by atoms with van der Waals surface area (Å²) in [4.78, 5) is 24.5. The Balaban J connectivity index is 3.35. The van der Waals surface area contributed by atoms with Crippen molar-refractivity contribution in [1.29, 1.82) is 0 Å². The van der Waals surface area contributed by atoms with Gasteiger partial charge in [-0.3, -0.25) is 9.59 Å². The van der Waals surface area contributed by atoms with Gasteiger partial charge in [0.05, 0.1) is 25.4 Å². The Morgan fingerprint density at radius 1 is 0.355 bits per heavy atom. The Labute approximate surface area is 476 Å². The minimum Gasteiger partial charge on any atom is -0.466 e. The monoisotopic (exact) mass is 1070 g/mol. The lowest BCUT2D eigenvalue weighted by Gasteiger charge is -2.20. The number of hydrogen-bond acceptors (Lipinski definition) is 5. The molecule has 0 aliphatic heterocycles. The molecule has 452 valence electrons. The molecule has 0 heterocycles. The van der Waals surface area contributed by atoms with E-state index in [0.717, 1.165) is 38.5 Å². The van der Waals surface area contributed by atoms with E-state index in [1.807, 2.05) is 6.08 Å². The minimum absolute atomic E-state index is 0.0215. The molecule has 0 rings (SSSR count). The third-order valence-electron chi connectivity index (χ3n) is 16.6. The molecule has 2 atom stereocenters. The molecule has 6 nitrogen and oxygen atoms in total. The lowest BCUT2D eigenvalue weighted by molar-refractivity contribution is -0.143. The lowest BCUT2D eigenvalue weighted by Crippen LogP contribution is -2.45. The van der Waals surface area contributed by atoms with Crippen molar-refractivity contribution in [1.82, 2.24) is 5.32 Å². The molecule has 0 saturated heterocycles. The van der Waals surface area contributed by atoms with E-state index < -0.39 is 12.1 Å². The predicted octanol–water partition coefficient (Wildman–Crippen LogP) is 22.4. The highest BCUT2D eigenvalue weighted by molar-refractivity contribution is 5.76. The van der Waals surface area contributed by atoms with Gasteiger partial charge < -0.3 is 20.3 Å². The number of allylic oxidation sites excluding steroid dienone is 1. The van der Waals surface area contributed by atoms with Crippen LogP contribution in [0.5, 0.6) is 0 Å². The largest absolute Gasteiger partial charge is 0.466 e. The average Bonchev–Trinajstić information content (AvgIpc) is 3.42. The second kappa shape index (κ2) is 66.1. The molecule has 2 unspecified atom stereocenters. The number of unbranched alkanes of at least 4 members (excludes halogenated alkanes) is 55. The zero-order valence-corrected chi connectivity index (χ0v) is 51.8. The maximum Gasteiger partial charge on any atom is 0.305 e. The fraction of sp³-hybridized carbons (Fsp3) is 0.943. The normalized spacial score (nSPS) is 12.5. The van der Waals surface area contributed by atoms with E-state index in [-0.39, 0.29) is 18.5 Å². The van der Waals surface area contributed by atoms with Crippen molar-refractivity contribution < 1.29 is 24.5 Å². The highest BCUT2D eigenvalue weighted by Crippen LogP contribution is 2.19. The number of amides is 1. The molecular weight excluding hydrogens is 935 g/mol. The quantitative estimate of drug-likeness (QED) is 0.0320. The first-order valence-electron chi connectivity index (χ1n) is 35.0. The summed E-state index contributed by atoms with van der Waals surface area (Å²) >= 11 is 0. The number of carbonyl (C=O) groups is 2. The minimum atomic E-state index is -0.841. The van der Waals surface area contributed by atoms with Crippen LogP contribution in [-0.4, -0.2) is 47.4 Å². The Hall–Kier alpha value is -1.40. The van der Waals surface area contributed by atoms with Crippen molar-refractivity contribution >= 4 is 11.9 Å². The van der Waals surface area contributed by atoms with Crippen molar-refractivity contribution in [3.63, 3.8) is 0 Å². The zero-order valence-electron chi connectivity index (χ0n) is 51.8. The van der Waals surface area contributed by atoms with E-state index in [2.05, 4.69) is 19.2 Å². The molecular formula is C70H137NO5. The molecule has 0 aliphatic carbocycles. The van der Waals surface area contributed by atoms with Crippen LogP contribution in [0.3, 0.4) is 0 Å². The Morgan fingerprint density at radius 2 is 0.605 bits per heavy atom. The van der Waals surface area contributed by atoms with Crippen LogP contribution < -0.4 is 5.32 Å². The van der Waals surface area contributed by atoms with Crippen molar-refractivity contribution in [2.45, 2.75) is 411 Å². The van der Waals surface area contributed by atoms with E-state index >= 15 is 0 Å². The lowest BCUT2D eigenvalue weighted by atomic mass is 10.0. The maximum atomic E-state index is 12.5. The summed E-state index contributed by atoms with van der Waals surface area (Å²) in [6, 6.07) is -0.624. The smallest absolute Gasteiger partial charge is 0.305 e. The summed E-state index contributed by atoms with van der Waals surface area (Å²) < 4.78 is 5.49. The highest BCUT2D eigenvalue weighted by atomic mass is 16.5. The number of aliphatic hydroxyl groups is 2. The maximum absolute atomic E-state index is 12.5. The van der Waals surface area contributed by atoms with Crippen LogP contribution in [-0.2, 0) is 14.3 Å². The molecule has 0 aliphatic rings. The topological polar surface area (TPSA) is 95.9 Å². The van der Waals surface area contributed by atoms with Gasteiger partial charge in [0.2, 0.25) is 5.91 Å². The van der Waals surface area contributed by atoms with Crippen LogP contribution in [0.1, 0.15) is 399 Å². The molecule has 0 bridgehead atoms. The molecule has 0 saturated carbocycles. The van der Waals surface area contributed by atoms with E-state index in [1.54, 1.807) is 6.08 Å². The first-order chi connectivity index (χ1) is 37.5. The molecule has 76 heavy (non-hydrogen) atoms. The summed E-state index contributed by atoms with van der Waals surface area (Å²) in [7, 11) is 0. The van der Waals surface area contributed by atoms with Gasteiger partial charge in [0.25, 0.3) is 0 Å². The molecule has 3 N–H and O–H groups in total. The van der Waals surface area contributed by atoms with Gasteiger partial charge in [-0.2, -0.15) is 0 Å². The van der Waals surface area contributed by atoms with Gasteiger partial charge >= 0.3 is 5.97 Å². The van der Waals surface area contributed by atoms with Crippen LogP contribution in [0.4, 0.5) is 0 Å². The Morgan fingerprint density at radius 3 is 0.895 bits per heavy atom. The summed E-state index contributed by atoms with van der Waals surface area (Å²) in [5.41, 5.74) is 0. The van der Waals surface area contributed by atoms with E-state index in [0.29, 0.717) is 19.4 Å². The number of ether oxygens (including phenoxy) is 1. The van der Waals surface area contributed by atoms with E-state index in [9.17, 15) is 19.8 Å². The van der Waals surface area contributed by atoms with Crippen molar-refractivity contribution in [3.8, 4) is 0 Å². The van der Waals surface area contributed by atoms with Gasteiger partial charge in [0, 0.05) is 12.8 Å². The van der Waals surface area contributed by atoms with Gasteiger partial charge in [0.15, 0.2) is 0 Å². The third-order valence-corrected chi connectivity index (χ3v) is 16.6. The number of aliphatic hydroxyl groups excluding tert-OH is 2. The number of nitrogens with one attached hydrogen (secondary N) is 1. The second-order valence-electron chi connectivity index (χ2n) is 24.2. The molecule has 0 aromatic carbocycles. The first-order valence-corrected chi connectivity index (χ1v) is 35.0. The van der Waals surface area contributed by atoms with Crippen LogP contribution in [0, 0.1) is 0 Å². The first kappa shape index (κ1) is 74.6. The molecule has 0 aromatic rings. The molecule has 0 radical (unpaired) electrons. The molecule has 6 heteroatoms. The van der Waals surface area contributed by atoms with Gasteiger partial charge in [-0.05, 0) is 32.1 Å². The average molecular weight is 1070 g/mol. The second-order valence-corrected chi connectivity index (χ2v) is 24.2. The Kier molecular flexibility index (Phi) is 64.9. The predicted molar refractivity (Wildman–Crippen MR) is 333 cm³/mol. The van der Waals surface area contributed by atoms with Crippen molar-refractivity contribution in [2.24, 2.45) is 0 Å². The molecule has 0 spiro atoms. The van der Waals surface area contributed by atoms with Crippen molar-refractivity contribution in [3.05, 3.63) is 12.2 Å². The summed E-state index contributed by atoms with van der Waals surface area (Å²) in [5.74, 6) is -0.0393. The zero-order chi connectivity index (χ0) is 55.0. The van der Waals surface area contributed by atoms with Crippen LogP contribution in [0.25, 0.3) is 0 Å². The number of rotatable bonds is 66. The van der Waals surface area contributed by atoms with Gasteiger partial charge in [0.1, 0.15) is 0 Å². The SMILES string of the molecule is CCCCCCCCCCCCCCCCC/C=C/C(O)C(CO)NC(=O)CCCCCCCCCCCCCCCCCCCCCCCCCCCCCCCOC(=O)CCCCCCCCCCCCCCC. The van der Waals surface area contributed by atoms with Crippen LogP contribution >= 0.6 is 0 Å². The highest BCUT2D eigenvalue weighted by Gasteiger charge is 2.18. The standard InChI is InChI=1S/C70H137NO5/c1-3-5-7-9-11-13-15-17-18-32-35-39-42-46-50-54-58-62-68(73)67(66-72)71-69(74)63-59-55-51-47-43-40-36-33-30-28-26-24-22-20-19-21-23-25-27-29-31-34-37-41-45-49-53-57-61-65-76-70(75)64-60-56-52-48-44-38-16-14-12-10-8-6-4-2/h58,62,67-68,72-73H,3-57,59-61,63-66H2,1-2H3,(H,71,74)/b62-58+. The summed E-state index contributed by atoms with van der Waals surface area (Å²) in [6.45, 7) is 4.95. The fourth-order valence-corrected chi connectivity index (χ4v) is 11.2. The van der Waals surface area contributed by atoms with Gasteiger partial charge in [-0.1, -0.05) is 366 Å². The van der Waals surface area contributed by atoms with E-state index in [1.165, 1.54) is 334 Å². The van der Waals surface area contributed by atoms with Gasteiger partial charge in [-0.15, -0.1) is 0 Å². The number of esters is 1. The van der Waals surface area contributed by atoms with Gasteiger partial charge in [-0.25, -0.2) is 0 Å². The fourth-order valence-electron chi connectivity index (χ4n) is 11.2. The number of hydrogen-bond donors (Lipinski definition) is 3. The molecule has 0 aromatic heterocycles. The number of carbonyl (C=O) groups excluding carboxylic acids is 2. The summed E-state index contributed by atoms with van der Waals surface area (Å²) in [6.07, 6.45) is 81.5. The Bertz CT molecular complexity index is 1140.